The molecule has 6 heteroatoms. The van der Waals surface area contributed by atoms with Crippen LogP contribution in [0.3, 0.4) is 0 Å². The summed E-state index contributed by atoms with van der Waals surface area (Å²) in [4.78, 5) is 0. The molecule has 0 aliphatic heterocycles. The third-order valence-electron chi connectivity index (χ3n) is 4.00. The first kappa shape index (κ1) is 14.4. The molecule has 0 spiro atoms. The SMILES string of the molecule is COc1ccc2c(c1Cl)C(NCc1nonc1C)CCC2. The van der Waals surface area contributed by atoms with Gasteiger partial charge in [0.1, 0.15) is 17.1 Å². The molecule has 0 saturated heterocycles. The van der Waals surface area contributed by atoms with Gasteiger partial charge in [-0.1, -0.05) is 28.0 Å². The van der Waals surface area contributed by atoms with Crippen molar-refractivity contribution < 1.29 is 9.37 Å². The maximum absolute atomic E-state index is 6.50. The van der Waals surface area contributed by atoms with E-state index < -0.39 is 0 Å². The number of ether oxygens (including phenoxy) is 1. The first-order chi connectivity index (χ1) is 10.2. The van der Waals surface area contributed by atoms with E-state index >= 15 is 0 Å². The number of aromatic nitrogens is 2. The molecule has 1 aliphatic carbocycles. The quantitative estimate of drug-likeness (QED) is 0.940. The molecule has 1 unspecified atom stereocenters. The Hall–Kier alpha value is -1.59. The van der Waals surface area contributed by atoms with Crippen molar-refractivity contribution in [2.75, 3.05) is 7.11 Å². The number of aryl methyl sites for hydroxylation is 2. The van der Waals surface area contributed by atoms with Gasteiger partial charge in [0.25, 0.3) is 0 Å². The molecular formula is C15H18ClN3O2. The summed E-state index contributed by atoms with van der Waals surface area (Å²) in [6.07, 6.45) is 3.25. The van der Waals surface area contributed by atoms with E-state index in [1.807, 2.05) is 13.0 Å². The molecule has 21 heavy (non-hydrogen) atoms. The molecule has 3 rings (SSSR count). The van der Waals surface area contributed by atoms with Gasteiger partial charge in [-0.05, 0) is 43.4 Å². The second-order valence-electron chi connectivity index (χ2n) is 5.28. The highest BCUT2D eigenvalue weighted by Crippen LogP contribution is 2.40. The van der Waals surface area contributed by atoms with E-state index in [0.717, 1.165) is 42.0 Å². The van der Waals surface area contributed by atoms with Gasteiger partial charge in [-0.25, -0.2) is 4.63 Å². The molecule has 1 heterocycles. The summed E-state index contributed by atoms with van der Waals surface area (Å²) in [5, 5.41) is 11.9. The number of hydrogen-bond acceptors (Lipinski definition) is 5. The fraction of sp³-hybridized carbons (Fsp3) is 0.467. The van der Waals surface area contributed by atoms with Gasteiger partial charge in [-0.2, -0.15) is 0 Å². The summed E-state index contributed by atoms with van der Waals surface area (Å²) in [7, 11) is 1.64. The summed E-state index contributed by atoms with van der Waals surface area (Å²) >= 11 is 6.50. The number of nitrogens with zero attached hydrogens (tertiary/aromatic N) is 2. The van der Waals surface area contributed by atoms with Crippen LogP contribution >= 0.6 is 11.6 Å². The van der Waals surface area contributed by atoms with Gasteiger partial charge in [0, 0.05) is 12.6 Å². The van der Waals surface area contributed by atoms with Gasteiger partial charge in [-0.15, -0.1) is 0 Å². The monoisotopic (exact) mass is 307 g/mol. The molecular weight excluding hydrogens is 290 g/mol. The number of methoxy groups -OCH3 is 1. The smallest absolute Gasteiger partial charge is 0.137 e. The van der Waals surface area contributed by atoms with Crippen molar-refractivity contribution in [3.8, 4) is 5.75 Å². The number of halogens is 1. The van der Waals surface area contributed by atoms with Crippen LogP contribution in [0.2, 0.25) is 5.02 Å². The van der Waals surface area contributed by atoms with Gasteiger partial charge in [0.15, 0.2) is 0 Å². The third-order valence-corrected chi connectivity index (χ3v) is 4.39. The van der Waals surface area contributed by atoms with Crippen molar-refractivity contribution in [1.82, 2.24) is 15.6 Å². The number of rotatable bonds is 4. The van der Waals surface area contributed by atoms with Crippen LogP contribution in [0.15, 0.2) is 16.8 Å². The predicted molar refractivity (Wildman–Crippen MR) is 79.6 cm³/mol. The minimum absolute atomic E-state index is 0.201. The minimum Gasteiger partial charge on any atom is -0.495 e. The Kier molecular flexibility index (Phi) is 4.12. The second-order valence-corrected chi connectivity index (χ2v) is 5.65. The molecule has 2 aromatic rings. The van der Waals surface area contributed by atoms with E-state index in [9.17, 15) is 0 Å². The Morgan fingerprint density at radius 2 is 2.29 bits per heavy atom. The number of hydrogen-bond donors (Lipinski definition) is 1. The Bertz CT molecular complexity index is 642. The first-order valence-corrected chi connectivity index (χ1v) is 7.45. The largest absolute Gasteiger partial charge is 0.495 e. The van der Waals surface area contributed by atoms with Crippen LogP contribution in [-0.2, 0) is 13.0 Å². The zero-order valence-corrected chi connectivity index (χ0v) is 12.9. The number of benzene rings is 1. The van der Waals surface area contributed by atoms with Crippen LogP contribution in [0.5, 0.6) is 5.75 Å². The van der Waals surface area contributed by atoms with Crippen LogP contribution in [-0.4, -0.2) is 17.4 Å². The molecule has 1 aromatic carbocycles. The van der Waals surface area contributed by atoms with E-state index in [0.29, 0.717) is 11.6 Å². The van der Waals surface area contributed by atoms with Crippen molar-refractivity contribution in [2.45, 2.75) is 38.8 Å². The van der Waals surface area contributed by atoms with Crippen molar-refractivity contribution in [1.29, 1.82) is 0 Å². The van der Waals surface area contributed by atoms with Crippen LogP contribution in [0.25, 0.3) is 0 Å². The predicted octanol–water partition coefficient (Wildman–Crippen LogP) is 3.21. The third kappa shape index (κ3) is 2.76. The molecule has 0 saturated carbocycles. The highest BCUT2D eigenvalue weighted by atomic mass is 35.5. The zero-order chi connectivity index (χ0) is 14.8. The van der Waals surface area contributed by atoms with Gasteiger partial charge in [-0.3, -0.25) is 0 Å². The molecule has 1 aliphatic rings. The van der Waals surface area contributed by atoms with Crippen molar-refractivity contribution >= 4 is 11.6 Å². The average molecular weight is 308 g/mol. The minimum atomic E-state index is 0.201. The molecule has 0 radical (unpaired) electrons. The lowest BCUT2D eigenvalue weighted by Gasteiger charge is -2.28. The second kappa shape index (κ2) is 6.03. The lowest BCUT2D eigenvalue weighted by atomic mass is 9.87. The molecule has 1 atom stereocenters. The molecule has 1 N–H and O–H groups in total. The zero-order valence-electron chi connectivity index (χ0n) is 12.1. The van der Waals surface area contributed by atoms with Gasteiger partial charge in [0.2, 0.25) is 0 Å². The fourth-order valence-corrected chi connectivity index (χ4v) is 3.23. The average Bonchev–Trinajstić information content (AvgIpc) is 2.91. The van der Waals surface area contributed by atoms with Crippen LogP contribution in [0.1, 0.15) is 41.4 Å². The van der Waals surface area contributed by atoms with E-state index in [4.69, 9.17) is 21.0 Å². The Morgan fingerprint density at radius 3 is 3.00 bits per heavy atom. The van der Waals surface area contributed by atoms with Crippen molar-refractivity contribution in [3.05, 3.63) is 39.7 Å². The summed E-state index contributed by atoms with van der Waals surface area (Å²) in [5.74, 6) is 0.725. The van der Waals surface area contributed by atoms with Gasteiger partial charge in [0.05, 0.1) is 12.1 Å². The molecule has 5 nitrogen and oxygen atoms in total. The Balaban J connectivity index is 1.84. The molecule has 0 amide bonds. The summed E-state index contributed by atoms with van der Waals surface area (Å²) < 4.78 is 10.1. The van der Waals surface area contributed by atoms with Gasteiger partial charge < -0.3 is 10.1 Å². The molecule has 0 bridgehead atoms. The van der Waals surface area contributed by atoms with E-state index in [-0.39, 0.29) is 6.04 Å². The highest BCUT2D eigenvalue weighted by Gasteiger charge is 2.25. The lowest BCUT2D eigenvalue weighted by molar-refractivity contribution is 0.299. The molecule has 0 fully saturated rings. The maximum Gasteiger partial charge on any atom is 0.137 e. The standard InChI is InChI=1S/C15H18ClN3O2/c1-9-12(19-21-18-9)8-17-11-5-3-4-10-6-7-13(20-2)15(16)14(10)11/h6-7,11,17H,3-5,8H2,1-2H3. The molecule has 112 valence electrons. The maximum atomic E-state index is 6.50. The van der Waals surface area contributed by atoms with E-state index in [1.54, 1.807) is 7.11 Å². The Labute approximate surface area is 128 Å². The van der Waals surface area contributed by atoms with E-state index in [2.05, 4.69) is 21.7 Å². The summed E-state index contributed by atoms with van der Waals surface area (Å²) in [6.45, 7) is 2.51. The number of fused-ring (bicyclic) bond motifs is 1. The lowest BCUT2D eigenvalue weighted by Crippen LogP contribution is -2.25. The fourth-order valence-electron chi connectivity index (χ4n) is 2.84. The molecule has 1 aromatic heterocycles. The Morgan fingerprint density at radius 1 is 1.43 bits per heavy atom. The van der Waals surface area contributed by atoms with Gasteiger partial charge >= 0.3 is 0 Å². The normalized spacial score (nSPS) is 17.6. The first-order valence-electron chi connectivity index (χ1n) is 7.07. The van der Waals surface area contributed by atoms with Crippen LogP contribution in [0.4, 0.5) is 0 Å². The summed E-state index contributed by atoms with van der Waals surface area (Å²) in [6, 6.07) is 4.25. The highest BCUT2D eigenvalue weighted by molar-refractivity contribution is 6.33. The van der Waals surface area contributed by atoms with Crippen molar-refractivity contribution in [3.63, 3.8) is 0 Å². The van der Waals surface area contributed by atoms with Crippen molar-refractivity contribution in [2.24, 2.45) is 0 Å². The van der Waals surface area contributed by atoms with E-state index in [1.165, 1.54) is 5.56 Å². The van der Waals surface area contributed by atoms with Crippen LogP contribution in [0, 0.1) is 6.92 Å². The topological polar surface area (TPSA) is 60.2 Å². The number of nitrogens with one attached hydrogen (secondary N) is 1. The summed E-state index contributed by atoms with van der Waals surface area (Å²) in [5.41, 5.74) is 4.09. The van der Waals surface area contributed by atoms with Crippen LogP contribution < -0.4 is 10.1 Å².